The molecule has 0 spiro atoms. The summed E-state index contributed by atoms with van der Waals surface area (Å²) in [7, 11) is 4.01. The second-order valence-corrected chi connectivity index (χ2v) is 6.47. The Balaban J connectivity index is 3.77. The van der Waals surface area contributed by atoms with Gasteiger partial charge in [0.15, 0.2) is 5.75 Å². The van der Waals surface area contributed by atoms with Gasteiger partial charge in [0, 0.05) is 0 Å². The Labute approximate surface area is 143 Å². The van der Waals surface area contributed by atoms with Gasteiger partial charge < -0.3 is 14.2 Å². The fraction of sp³-hybridized carbons (Fsp3) is 0.611. The number of nitrogens with zero attached hydrogens (tertiary/aromatic N) is 1. The van der Waals surface area contributed by atoms with E-state index in [4.69, 9.17) is 14.2 Å². The summed E-state index contributed by atoms with van der Waals surface area (Å²) in [5, 5.41) is 0. The van der Waals surface area contributed by atoms with E-state index in [0.717, 1.165) is 0 Å². The fourth-order valence-electron chi connectivity index (χ4n) is 2.56. The zero-order valence-corrected chi connectivity index (χ0v) is 15.6. The number of methoxy groups -OCH3 is 3. The monoisotopic (exact) mass is 337 g/mol. The van der Waals surface area contributed by atoms with Crippen molar-refractivity contribution in [2.24, 2.45) is 11.8 Å². The third kappa shape index (κ3) is 4.46. The maximum atomic E-state index is 12.3. The molecule has 0 N–H and O–H groups in total. The Kier molecular flexibility index (Phi) is 7.19. The quantitative estimate of drug-likeness (QED) is 0.712. The average Bonchev–Trinajstić information content (AvgIpc) is 2.51. The van der Waals surface area contributed by atoms with Crippen molar-refractivity contribution in [3.63, 3.8) is 0 Å². The van der Waals surface area contributed by atoms with Crippen molar-refractivity contribution in [3.05, 3.63) is 22.5 Å². The molecule has 6 nitrogen and oxygen atoms in total. The van der Waals surface area contributed by atoms with E-state index in [1.165, 1.54) is 21.3 Å². The minimum Gasteiger partial charge on any atom is -0.495 e. The molecule has 0 amide bonds. The van der Waals surface area contributed by atoms with Crippen LogP contribution < -0.4 is 4.74 Å². The maximum Gasteiger partial charge on any atom is 0.343 e. The van der Waals surface area contributed by atoms with Crippen LogP contribution in [0.15, 0.2) is 0 Å². The van der Waals surface area contributed by atoms with Crippen molar-refractivity contribution < 1.29 is 23.8 Å². The number of esters is 2. The first-order valence-corrected chi connectivity index (χ1v) is 8.03. The summed E-state index contributed by atoms with van der Waals surface area (Å²) < 4.78 is 15.2. The van der Waals surface area contributed by atoms with Gasteiger partial charge in [-0.15, -0.1) is 0 Å². The van der Waals surface area contributed by atoms with Crippen LogP contribution in [0.1, 0.15) is 59.8 Å². The van der Waals surface area contributed by atoms with E-state index in [-0.39, 0.29) is 28.7 Å². The lowest BCUT2D eigenvalue weighted by molar-refractivity contribution is 0.0588. The molecular weight excluding hydrogens is 310 g/mol. The van der Waals surface area contributed by atoms with Gasteiger partial charge >= 0.3 is 11.9 Å². The largest absolute Gasteiger partial charge is 0.495 e. The van der Waals surface area contributed by atoms with Gasteiger partial charge in [0.25, 0.3) is 0 Å². The summed E-state index contributed by atoms with van der Waals surface area (Å²) >= 11 is 0. The fourth-order valence-corrected chi connectivity index (χ4v) is 2.56. The van der Waals surface area contributed by atoms with E-state index in [1.807, 2.05) is 27.7 Å². The van der Waals surface area contributed by atoms with Crippen LogP contribution in [0.4, 0.5) is 0 Å². The van der Waals surface area contributed by atoms with E-state index in [9.17, 15) is 9.59 Å². The minimum absolute atomic E-state index is 0.176. The molecule has 0 aromatic carbocycles. The van der Waals surface area contributed by atoms with Gasteiger partial charge in [0.2, 0.25) is 0 Å². The first-order valence-electron chi connectivity index (χ1n) is 8.03. The van der Waals surface area contributed by atoms with E-state index < -0.39 is 11.9 Å². The molecule has 1 rings (SSSR count). The molecule has 0 unspecified atom stereocenters. The molecule has 0 fully saturated rings. The molecule has 0 aliphatic carbocycles. The topological polar surface area (TPSA) is 74.7 Å². The molecule has 6 heteroatoms. The highest BCUT2D eigenvalue weighted by molar-refractivity contribution is 6.01. The minimum atomic E-state index is -0.573. The van der Waals surface area contributed by atoms with Crippen LogP contribution in [0.5, 0.6) is 5.75 Å². The maximum absolute atomic E-state index is 12.3. The number of hydrogen-bond donors (Lipinski definition) is 0. The number of ether oxygens (including phenoxy) is 3. The van der Waals surface area contributed by atoms with Gasteiger partial charge in [-0.25, -0.2) is 9.59 Å². The second-order valence-electron chi connectivity index (χ2n) is 6.47. The molecule has 24 heavy (non-hydrogen) atoms. The highest BCUT2D eigenvalue weighted by Crippen LogP contribution is 2.32. The summed E-state index contributed by atoms with van der Waals surface area (Å²) in [4.78, 5) is 29.2. The number of aromatic nitrogens is 1. The molecule has 1 aromatic heterocycles. The Morgan fingerprint density at radius 3 is 1.46 bits per heavy atom. The molecule has 0 bridgehead atoms. The summed E-state index contributed by atoms with van der Waals surface area (Å²) in [6.45, 7) is 8.13. The third-order valence-corrected chi connectivity index (χ3v) is 3.49. The molecule has 0 saturated heterocycles. The Morgan fingerprint density at radius 1 is 0.833 bits per heavy atom. The lowest BCUT2D eigenvalue weighted by atomic mass is 9.96. The molecule has 0 atom stereocenters. The number of hydrogen-bond acceptors (Lipinski definition) is 6. The predicted molar refractivity (Wildman–Crippen MR) is 90.6 cm³/mol. The summed E-state index contributed by atoms with van der Waals surface area (Å²) in [5.74, 6) is -0.412. The summed E-state index contributed by atoms with van der Waals surface area (Å²) in [6, 6.07) is 0. The number of carbonyl (C=O) groups is 2. The average molecular weight is 337 g/mol. The van der Waals surface area contributed by atoms with Gasteiger partial charge in [-0.3, -0.25) is 4.98 Å². The molecule has 0 saturated carbocycles. The molecule has 134 valence electrons. The molecular formula is C18H27NO5. The van der Waals surface area contributed by atoms with E-state index in [1.54, 1.807) is 0 Å². The standard InChI is InChI=1S/C18H27NO5/c1-10(2)8-12-14(17(20)23-6)16(22-5)15(18(21)24-7)13(19-12)9-11(3)4/h10-11H,8-9H2,1-7H3. The van der Waals surface area contributed by atoms with Crippen LogP contribution in [-0.2, 0) is 22.3 Å². The highest BCUT2D eigenvalue weighted by Gasteiger charge is 2.30. The molecule has 1 aromatic rings. The lowest BCUT2D eigenvalue weighted by Gasteiger charge is -2.19. The third-order valence-electron chi connectivity index (χ3n) is 3.49. The van der Waals surface area contributed by atoms with Crippen LogP contribution in [0.2, 0.25) is 0 Å². The smallest absolute Gasteiger partial charge is 0.343 e. The van der Waals surface area contributed by atoms with Crippen molar-refractivity contribution in [1.29, 1.82) is 0 Å². The van der Waals surface area contributed by atoms with E-state index in [0.29, 0.717) is 24.2 Å². The Bertz CT molecular complexity index is 560. The highest BCUT2D eigenvalue weighted by atomic mass is 16.5. The number of pyridine rings is 1. The molecule has 0 radical (unpaired) electrons. The van der Waals surface area contributed by atoms with Gasteiger partial charge in [-0.1, -0.05) is 27.7 Å². The van der Waals surface area contributed by atoms with Crippen LogP contribution in [-0.4, -0.2) is 38.3 Å². The van der Waals surface area contributed by atoms with E-state index in [2.05, 4.69) is 4.98 Å². The van der Waals surface area contributed by atoms with Gasteiger partial charge in [-0.05, 0) is 24.7 Å². The van der Waals surface area contributed by atoms with Crippen LogP contribution in [0.25, 0.3) is 0 Å². The number of carbonyl (C=O) groups excluding carboxylic acids is 2. The van der Waals surface area contributed by atoms with Crippen molar-refractivity contribution in [2.75, 3.05) is 21.3 Å². The Morgan fingerprint density at radius 2 is 1.21 bits per heavy atom. The zero-order chi connectivity index (χ0) is 18.4. The molecule has 0 aliphatic rings. The van der Waals surface area contributed by atoms with Gasteiger partial charge in [-0.2, -0.15) is 0 Å². The predicted octanol–water partition coefficient (Wildman–Crippen LogP) is 3.06. The van der Waals surface area contributed by atoms with Crippen molar-refractivity contribution in [3.8, 4) is 5.75 Å². The second kappa shape index (κ2) is 8.66. The van der Waals surface area contributed by atoms with Crippen molar-refractivity contribution in [2.45, 2.75) is 40.5 Å². The van der Waals surface area contributed by atoms with Crippen LogP contribution in [0.3, 0.4) is 0 Å². The van der Waals surface area contributed by atoms with Crippen LogP contribution >= 0.6 is 0 Å². The van der Waals surface area contributed by atoms with Crippen molar-refractivity contribution in [1.82, 2.24) is 4.98 Å². The summed E-state index contributed by atoms with van der Waals surface area (Å²) in [5.41, 5.74) is 1.55. The van der Waals surface area contributed by atoms with E-state index >= 15 is 0 Å². The molecule has 1 heterocycles. The normalized spacial score (nSPS) is 10.9. The molecule has 0 aliphatic heterocycles. The Hall–Kier alpha value is -2.11. The van der Waals surface area contributed by atoms with Gasteiger partial charge in [0.1, 0.15) is 11.1 Å². The SMILES string of the molecule is COC(=O)c1c(CC(C)C)nc(CC(C)C)c(C(=O)OC)c1OC. The number of rotatable bonds is 7. The van der Waals surface area contributed by atoms with Crippen LogP contribution in [0, 0.1) is 11.8 Å². The first kappa shape index (κ1) is 19.9. The van der Waals surface area contributed by atoms with Crippen molar-refractivity contribution >= 4 is 11.9 Å². The first-order chi connectivity index (χ1) is 11.3. The van der Waals surface area contributed by atoms with Gasteiger partial charge in [0.05, 0.1) is 32.7 Å². The summed E-state index contributed by atoms with van der Waals surface area (Å²) in [6.07, 6.45) is 1.15. The lowest BCUT2D eigenvalue weighted by Crippen LogP contribution is -2.20. The zero-order valence-electron chi connectivity index (χ0n) is 15.6.